The zero-order valence-corrected chi connectivity index (χ0v) is 11.3. The first-order chi connectivity index (χ1) is 8.57. The Morgan fingerprint density at radius 3 is 2.67 bits per heavy atom. The molecule has 1 N–H and O–H groups in total. The summed E-state index contributed by atoms with van der Waals surface area (Å²) < 4.78 is 0. The van der Waals surface area contributed by atoms with Crippen LogP contribution in [0.15, 0.2) is 23.9 Å². The summed E-state index contributed by atoms with van der Waals surface area (Å²) in [5.74, 6) is 0.673. The lowest BCUT2D eigenvalue weighted by molar-refractivity contribution is -0.427. The second kappa shape index (κ2) is 10.8. The quantitative estimate of drug-likeness (QED) is 0.286. The van der Waals surface area contributed by atoms with Gasteiger partial charge in [-0.05, 0) is 24.7 Å². The lowest BCUT2D eigenvalue weighted by Gasteiger charge is -1.96. The van der Waals surface area contributed by atoms with E-state index in [2.05, 4.69) is 0 Å². The number of hydrogen-bond donors (Lipinski definition) is 1. The molecule has 0 aliphatic heterocycles. The third kappa shape index (κ3) is 9.89. The van der Waals surface area contributed by atoms with Crippen molar-refractivity contribution in [2.24, 2.45) is 0 Å². The van der Waals surface area contributed by atoms with E-state index in [0.717, 1.165) is 12.2 Å². The van der Waals surface area contributed by atoms with Gasteiger partial charge in [-0.2, -0.15) is 11.8 Å². The maximum Gasteiger partial charge on any atom is 0.304 e. The van der Waals surface area contributed by atoms with Crippen LogP contribution in [-0.2, 0) is 4.79 Å². The molecule has 5 nitrogen and oxygen atoms in total. The van der Waals surface area contributed by atoms with Gasteiger partial charge in [0.1, 0.15) is 0 Å². The molecule has 0 saturated heterocycles. The Morgan fingerprint density at radius 2 is 2.11 bits per heavy atom. The van der Waals surface area contributed by atoms with Gasteiger partial charge in [-0.3, -0.25) is 14.9 Å². The highest BCUT2D eigenvalue weighted by Gasteiger charge is 2.05. The van der Waals surface area contributed by atoms with Gasteiger partial charge in [-0.25, -0.2) is 0 Å². The largest absolute Gasteiger partial charge is 0.481 e. The summed E-state index contributed by atoms with van der Waals surface area (Å²) in [6.45, 7) is 1.87. The van der Waals surface area contributed by atoms with Gasteiger partial charge in [-0.15, -0.1) is 0 Å². The van der Waals surface area contributed by atoms with E-state index in [0.29, 0.717) is 18.6 Å². The Balaban J connectivity index is 3.67. The van der Waals surface area contributed by atoms with Crippen molar-refractivity contribution < 1.29 is 14.8 Å². The molecule has 6 heteroatoms. The summed E-state index contributed by atoms with van der Waals surface area (Å²) in [4.78, 5) is 20.5. The second-order valence-corrected chi connectivity index (χ2v) is 4.81. The van der Waals surface area contributed by atoms with Gasteiger partial charge in [0.25, 0.3) is 0 Å². The number of allylic oxidation sites excluding steroid dienone is 3. The number of carboxylic acids is 1. The molecule has 0 aliphatic rings. The van der Waals surface area contributed by atoms with Crippen LogP contribution in [-0.4, -0.2) is 27.5 Å². The van der Waals surface area contributed by atoms with Crippen molar-refractivity contribution >= 4 is 17.7 Å². The molecule has 0 radical (unpaired) electrons. The van der Waals surface area contributed by atoms with Crippen LogP contribution >= 0.6 is 11.8 Å². The van der Waals surface area contributed by atoms with Crippen LogP contribution in [0.2, 0.25) is 0 Å². The maximum absolute atomic E-state index is 10.6. The van der Waals surface area contributed by atoms with Crippen molar-refractivity contribution in [2.75, 3.05) is 11.5 Å². The van der Waals surface area contributed by atoms with Gasteiger partial charge in [0, 0.05) is 5.75 Å². The summed E-state index contributed by atoms with van der Waals surface area (Å²) in [6, 6.07) is 0. The molecule has 0 aromatic carbocycles. The van der Waals surface area contributed by atoms with Crippen LogP contribution in [0, 0.1) is 10.1 Å². The van der Waals surface area contributed by atoms with E-state index in [1.807, 2.05) is 13.0 Å². The highest BCUT2D eigenvalue weighted by Crippen LogP contribution is 2.08. The summed E-state index contributed by atoms with van der Waals surface area (Å²) in [7, 11) is 0. The smallest absolute Gasteiger partial charge is 0.304 e. The van der Waals surface area contributed by atoms with Crippen molar-refractivity contribution in [2.45, 2.75) is 32.6 Å². The van der Waals surface area contributed by atoms with Crippen molar-refractivity contribution in [3.8, 4) is 0 Å². The zero-order chi connectivity index (χ0) is 13.8. The molecule has 0 aliphatic carbocycles. The Hall–Kier alpha value is -1.30. The third-order valence-corrected chi connectivity index (χ3v) is 3.07. The van der Waals surface area contributed by atoms with E-state index in [9.17, 15) is 14.9 Å². The fourth-order valence-corrected chi connectivity index (χ4v) is 2.03. The zero-order valence-electron chi connectivity index (χ0n) is 10.5. The molecule has 0 aromatic heterocycles. The molecule has 18 heavy (non-hydrogen) atoms. The molecule has 0 unspecified atom stereocenters. The molecule has 0 amide bonds. The average molecular weight is 273 g/mol. The van der Waals surface area contributed by atoms with E-state index in [1.165, 1.54) is 0 Å². The van der Waals surface area contributed by atoms with E-state index >= 15 is 0 Å². The van der Waals surface area contributed by atoms with E-state index in [4.69, 9.17) is 5.11 Å². The summed E-state index contributed by atoms with van der Waals surface area (Å²) in [6.07, 6.45) is 7.31. The fraction of sp³-hybridized carbons (Fsp3) is 0.583. The molecule has 0 aromatic rings. The normalized spacial score (nSPS) is 11.9. The fourth-order valence-electron chi connectivity index (χ4n) is 1.20. The van der Waals surface area contributed by atoms with Gasteiger partial charge in [0.05, 0.1) is 17.8 Å². The van der Waals surface area contributed by atoms with Crippen molar-refractivity contribution in [3.63, 3.8) is 0 Å². The van der Waals surface area contributed by atoms with Crippen LogP contribution in [0.25, 0.3) is 0 Å². The van der Waals surface area contributed by atoms with Crippen molar-refractivity contribution in [1.29, 1.82) is 0 Å². The van der Waals surface area contributed by atoms with Crippen LogP contribution in [0.3, 0.4) is 0 Å². The molecule has 0 fully saturated rings. The first-order valence-corrected chi connectivity index (χ1v) is 7.01. The minimum atomic E-state index is -0.779. The Bertz CT molecular complexity index is 326. The van der Waals surface area contributed by atoms with Gasteiger partial charge >= 0.3 is 5.97 Å². The topological polar surface area (TPSA) is 80.4 Å². The molecule has 0 heterocycles. The van der Waals surface area contributed by atoms with Crippen LogP contribution < -0.4 is 0 Å². The van der Waals surface area contributed by atoms with E-state index in [-0.39, 0.29) is 17.0 Å². The molecule has 0 bridgehead atoms. The number of nitrogens with zero attached hydrogens (tertiary/aromatic N) is 1. The number of carbonyl (C=O) groups is 1. The first kappa shape index (κ1) is 16.7. The average Bonchev–Trinajstić information content (AvgIpc) is 2.30. The molecule has 102 valence electrons. The van der Waals surface area contributed by atoms with Crippen LogP contribution in [0.5, 0.6) is 0 Å². The van der Waals surface area contributed by atoms with E-state index < -0.39 is 5.97 Å². The first-order valence-electron chi connectivity index (χ1n) is 5.85. The lowest BCUT2D eigenvalue weighted by Crippen LogP contribution is -1.97. The summed E-state index contributed by atoms with van der Waals surface area (Å²) >= 11 is 1.58. The molecule has 0 rings (SSSR count). The Morgan fingerprint density at radius 1 is 1.39 bits per heavy atom. The number of nitro groups is 1. The molecular weight excluding hydrogens is 254 g/mol. The lowest BCUT2D eigenvalue weighted by atomic mass is 10.2. The number of rotatable bonds is 10. The van der Waals surface area contributed by atoms with Gasteiger partial charge in [0.15, 0.2) is 0 Å². The van der Waals surface area contributed by atoms with Crippen LogP contribution in [0.4, 0.5) is 0 Å². The van der Waals surface area contributed by atoms with Gasteiger partial charge in [-0.1, -0.05) is 19.1 Å². The SMILES string of the molecule is CC/C=C(\C/C=C/CCSCCC(=O)O)[N+](=O)[O-]. The third-order valence-electron chi connectivity index (χ3n) is 2.06. The predicted molar refractivity (Wildman–Crippen MR) is 73.3 cm³/mol. The highest BCUT2D eigenvalue weighted by molar-refractivity contribution is 7.99. The maximum atomic E-state index is 10.6. The van der Waals surface area contributed by atoms with Gasteiger partial charge in [0.2, 0.25) is 5.70 Å². The molecule has 0 spiro atoms. The summed E-state index contributed by atoms with van der Waals surface area (Å²) in [5.41, 5.74) is 0.229. The number of thioether (sulfide) groups is 1. The second-order valence-electron chi connectivity index (χ2n) is 3.58. The highest BCUT2D eigenvalue weighted by atomic mass is 32.2. The van der Waals surface area contributed by atoms with Gasteiger partial charge < -0.3 is 5.11 Å². The minimum absolute atomic E-state index is 0.180. The minimum Gasteiger partial charge on any atom is -0.481 e. The number of carboxylic acid groups (broad SMARTS) is 1. The molecule has 0 atom stereocenters. The number of aliphatic carboxylic acids is 1. The van der Waals surface area contributed by atoms with E-state index in [1.54, 1.807) is 23.9 Å². The number of hydrogen-bond acceptors (Lipinski definition) is 4. The van der Waals surface area contributed by atoms with Crippen molar-refractivity contribution in [3.05, 3.63) is 34.0 Å². The predicted octanol–water partition coefficient (Wildman–Crippen LogP) is 3.10. The summed E-state index contributed by atoms with van der Waals surface area (Å²) in [5, 5.41) is 19.0. The molecular formula is C12H19NO4S. The monoisotopic (exact) mass is 273 g/mol. The van der Waals surface area contributed by atoms with Crippen LogP contribution in [0.1, 0.15) is 32.6 Å². The molecule has 0 saturated carbocycles. The van der Waals surface area contributed by atoms with Crippen molar-refractivity contribution in [1.82, 2.24) is 0 Å². The Kier molecular flexibility index (Phi) is 10.0. The standard InChI is InChI=1S/C12H19NO4S/c1-2-6-11(13(16)17)7-4-3-5-9-18-10-8-12(14)15/h3-4,6H,2,5,7-10H2,1H3,(H,14,15)/b4-3+,11-6+. The Labute approximate surface area is 111 Å².